The molecule has 2 aromatic heterocycles. The first kappa shape index (κ1) is 21.0. The Morgan fingerprint density at radius 3 is 2.52 bits per heavy atom. The van der Waals surface area contributed by atoms with E-state index in [1.54, 1.807) is 18.6 Å². The first-order valence-electron chi connectivity index (χ1n) is 10.8. The van der Waals surface area contributed by atoms with E-state index < -0.39 is 0 Å². The van der Waals surface area contributed by atoms with E-state index in [9.17, 15) is 4.79 Å². The molecule has 0 saturated carbocycles. The second-order valence-corrected chi connectivity index (χ2v) is 7.83. The van der Waals surface area contributed by atoms with Gasteiger partial charge < -0.3 is 10.2 Å². The number of nitrogens with zero attached hydrogens (tertiary/aromatic N) is 6. The number of hydrogen-bond acceptors (Lipinski definition) is 6. The fourth-order valence-electron chi connectivity index (χ4n) is 3.90. The normalized spacial score (nSPS) is 14.6. The lowest BCUT2D eigenvalue weighted by atomic mass is 10.2. The van der Waals surface area contributed by atoms with E-state index in [-0.39, 0.29) is 5.91 Å². The van der Waals surface area contributed by atoms with E-state index in [1.807, 2.05) is 48.9 Å². The van der Waals surface area contributed by atoms with Crippen LogP contribution in [-0.4, -0.2) is 69.8 Å². The lowest BCUT2D eigenvalue weighted by Gasteiger charge is -2.34. The molecule has 162 valence electrons. The molecule has 1 aliphatic heterocycles. The molecular weight excluding hydrogens is 390 g/mol. The number of hydrogen-bond donors (Lipinski definition) is 1. The minimum absolute atomic E-state index is 0.0663. The van der Waals surface area contributed by atoms with Crippen molar-refractivity contribution in [2.45, 2.75) is 20.3 Å². The lowest BCUT2D eigenvalue weighted by molar-refractivity contribution is 0.0951. The van der Waals surface area contributed by atoms with E-state index in [1.165, 1.54) is 0 Å². The maximum Gasteiger partial charge on any atom is 0.254 e. The Labute approximate surface area is 182 Å². The summed E-state index contributed by atoms with van der Waals surface area (Å²) in [5.41, 5.74) is 3.60. The summed E-state index contributed by atoms with van der Waals surface area (Å²) in [5, 5.41) is 7.48. The largest absolute Gasteiger partial charge is 0.352 e. The fourth-order valence-corrected chi connectivity index (χ4v) is 3.90. The molecule has 1 aromatic carbocycles. The SMILES string of the molecule is Cc1ccccc1-n1ncc(C(=O)NCCCN2CCN(c3ncccn3)CC2)c1C. The van der Waals surface area contributed by atoms with Gasteiger partial charge in [-0.1, -0.05) is 18.2 Å². The zero-order valence-corrected chi connectivity index (χ0v) is 18.2. The third-order valence-corrected chi connectivity index (χ3v) is 5.74. The van der Waals surface area contributed by atoms with Crippen LogP contribution in [0.3, 0.4) is 0 Å². The minimum atomic E-state index is -0.0663. The Hall–Kier alpha value is -3.26. The molecule has 1 fully saturated rings. The highest BCUT2D eigenvalue weighted by Crippen LogP contribution is 2.17. The number of para-hydroxylation sites is 1. The van der Waals surface area contributed by atoms with Gasteiger partial charge in [-0.2, -0.15) is 5.10 Å². The Morgan fingerprint density at radius 2 is 1.77 bits per heavy atom. The molecule has 1 saturated heterocycles. The third-order valence-electron chi connectivity index (χ3n) is 5.74. The van der Waals surface area contributed by atoms with E-state index >= 15 is 0 Å². The molecule has 8 nitrogen and oxygen atoms in total. The highest BCUT2D eigenvalue weighted by molar-refractivity contribution is 5.95. The van der Waals surface area contributed by atoms with Crippen LogP contribution >= 0.6 is 0 Å². The third kappa shape index (κ3) is 4.91. The quantitative estimate of drug-likeness (QED) is 0.592. The monoisotopic (exact) mass is 419 g/mol. The van der Waals surface area contributed by atoms with Gasteiger partial charge in [-0.15, -0.1) is 0 Å². The van der Waals surface area contributed by atoms with Crippen LogP contribution < -0.4 is 10.2 Å². The van der Waals surface area contributed by atoms with Crippen LogP contribution in [0.4, 0.5) is 5.95 Å². The van der Waals surface area contributed by atoms with Gasteiger partial charge in [0.05, 0.1) is 23.1 Å². The number of anilines is 1. The topological polar surface area (TPSA) is 79.2 Å². The minimum Gasteiger partial charge on any atom is -0.352 e. The molecule has 1 N–H and O–H groups in total. The van der Waals surface area contributed by atoms with Crippen molar-refractivity contribution in [2.24, 2.45) is 0 Å². The molecule has 3 aromatic rings. The molecule has 0 unspecified atom stereocenters. The molecule has 0 spiro atoms. The zero-order chi connectivity index (χ0) is 21.6. The maximum atomic E-state index is 12.6. The van der Waals surface area contributed by atoms with Crippen molar-refractivity contribution >= 4 is 11.9 Å². The van der Waals surface area contributed by atoms with Crippen molar-refractivity contribution in [2.75, 3.05) is 44.2 Å². The molecule has 1 amide bonds. The summed E-state index contributed by atoms with van der Waals surface area (Å²) in [7, 11) is 0. The van der Waals surface area contributed by atoms with Gasteiger partial charge >= 0.3 is 0 Å². The van der Waals surface area contributed by atoms with Gasteiger partial charge in [0.15, 0.2) is 0 Å². The average Bonchev–Trinajstić information content (AvgIpc) is 3.19. The van der Waals surface area contributed by atoms with Crippen molar-refractivity contribution in [1.82, 2.24) is 30.0 Å². The van der Waals surface area contributed by atoms with Gasteiger partial charge in [0.2, 0.25) is 5.95 Å². The van der Waals surface area contributed by atoms with Crippen LogP contribution in [-0.2, 0) is 0 Å². The van der Waals surface area contributed by atoms with Crippen LogP contribution in [0, 0.1) is 13.8 Å². The molecule has 8 heteroatoms. The molecule has 31 heavy (non-hydrogen) atoms. The fraction of sp³-hybridized carbons (Fsp3) is 0.391. The van der Waals surface area contributed by atoms with Crippen LogP contribution in [0.25, 0.3) is 5.69 Å². The molecule has 0 radical (unpaired) electrons. The number of amides is 1. The molecule has 4 rings (SSSR count). The molecule has 0 aliphatic carbocycles. The first-order valence-corrected chi connectivity index (χ1v) is 10.8. The predicted molar refractivity (Wildman–Crippen MR) is 121 cm³/mol. The molecule has 0 atom stereocenters. The van der Waals surface area contributed by atoms with E-state index in [0.717, 1.165) is 62.0 Å². The number of carbonyl (C=O) groups is 1. The summed E-state index contributed by atoms with van der Waals surface area (Å²) in [4.78, 5) is 25.9. The number of aryl methyl sites for hydroxylation is 1. The van der Waals surface area contributed by atoms with Crippen LogP contribution in [0.5, 0.6) is 0 Å². The summed E-state index contributed by atoms with van der Waals surface area (Å²) < 4.78 is 1.83. The van der Waals surface area contributed by atoms with Crippen LogP contribution in [0.1, 0.15) is 28.0 Å². The van der Waals surface area contributed by atoms with Crippen molar-refractivity contribution in [3.63, 3.8) is 0 Å². The standard InChI is InChI=1S/C23H29N7O/c1-18-7-3-4-8-21(18)30-19(2)20(17-27-30)22(31)24-11-6-12-28-13-15-29(16-14-28)23-25-9-5-10-26-23/h3-5,7-10,17H,6,11-16H2,1-2H3,(H,24,31). The number of benzene rings is 1. The van der Waals surface area contributed by atoms with Crippen LogP contribution in [0.2, 0.25) is 0 Å². The smallest absolute Gasteiger partial charge is 0.254 e. The first-order chi connectivity index (χ1) is 15.1. The van der Waals surface area contributed by atoms with Crippen molar-refractivity contribution < 1.29 is 4.79 Å². The van der Waals surface area contributed by atoms with Gasteiger partial charge in [-0.3, -0.25) is 9.69 Å². The molecule has 1 aliphatic rings. The number of rotatable bonds is 7. The van der Waals surface area contributed by atoms with E-state index in [2.05, 4.69) is 30.2 Å². The number of carbonyl (C=O) groups excluding carboxylic acids is 1. The average molecular weight is 420 g/mol. The van der Waals surface area contributed by atoms with Crippen molar-refractivity contribution in [3.05, 3.63) is 65.7 Å². The van der Waals surface area contributed by atoms with Crippen molar-refractivity contribution in [1.29, 1.82) is 0 Å². The summed E-state index contributed by atoms with van der Waals surface area (Å²) in [6.45, 7) is 9.40. The summed E-state index contributed by atoms with van der Waals surface area (Å²) in [6, 6.07) is 9.88. The zero-order valence-electron chi connectivity index (χ0n) is 18.2. The Morgan fingerprint density at radius 1 is 1.03 bits per heavy atom. The predicted octanol–water partition coefficient (Wildman–Crippen LogP) is 2.22. The maximum absolute atomic E-state index is 12.6. The van der Waals surface area contributed by atoms with Crippen LogP contribution in [0.15, 0.2) is 48.9 Å². The molecule has 0 bridgehead atoms. The molecular formula is C23H29N7O. The van der Waals surface area contributed by atoms with E-state index in [4.69, 9.17) is 0 Å². The molecule has 3 heterocycles. The van der Waals surface area contributed by atoms with Gasteiger partial charge in [-0.25, -0.2) is 14.6 Å². The second-order valence-electron chi connectivity index (χ2n) is 7.83. The van der Waals surface area contributed by atoms with Crippen molar-refractivity contribution in [3.8, 4) is 5.69 Å². The highest BCUT2D eigenvalue weighted by atomic mass is 16.1. The Bertz CT molecular complexity index is 1010. The van der Waals surface area contributed by atoms with Gasteiger partial charge in [0.25, 0.3) is 5.91 Å². The Kier molecular flexibility index (Phi) is 6.57. The van der Waals surface area contributed by atoms with Gasteiger partial charge in [-0.05, 0) is 44.5 Å². The second kappa shape index (κ2) is 9.70. The van der Waals surface area contributed by atoms with Gasteiger partial charge in [0.1, 0.15) is 0 Å². The Balaban J connectivity index is 1.22. The lowest BCUT2D eigenvalue weighted by Crippen LogP contribution is -2.47. The highest BCUT2D eigenvalue weighted by Gasteiger charge is 2.19. The van der Waals surface area contributed by atoms with E-state index in [0.29, 0.717) is 12.1 Å². The van der Waals surface area contributed by atoms with Gasteiger partial charge in [0, 0.05) is 45.1 Å². The summed E-state index contributed by atoms with van der Waals surface area (Å²) >= 11 is 0. The number of aromatic nitrogens is 4. The number of nitrogens with one attached hydrogen (secondary N) is 1. The summed E-state index contributed by atoms with van der Waals surface area (Å²) in [5.74, 6) is 0.736. The summed E-state index contributed by atoms with van der Waals surface area (Å²) in [6.07, 6.45) is 6.13. The number of piperazine rings is 1.